The second-order valence-electron chi connectivity index (χ2n) is 6.89. The van der Waals surface area contributed by atoms with Gasteiger partial charge in [-0.3, -0.25) is 9.59 Å². The van der Waals surface area contributed by atoms with Crippen molar-refractivity contribution in [3.05, 3.63) is 34.7 Å². The molecule has 1 unspecified atom stereocenters. The van der Waals surface area contributed by atoms with Crippen molar-refractivity contribution < 1.29 is 37.3 Å². The molecule has 0 amide bonds. The van der Waals surface area contributed by atoms with E-state index in [1.165, 1.54) is 7.11 Å². The van der Waals surface area contributed by atoms with E-state index in [1.54, 1.807) is 0 Å². The summed E-state index contributed by atoms with van der Waals surface area (Å²) in [5, 5.41) is 10.7. The van der Waals surface area contributed by atoms with Crippen LogP contribution in [0.15, 0.2) is 17.7 Å². The minimum Gasteiger partial charge on any atom is -0.506 e. The van der Waals surface area contributed by atoms with E-state index in [2.05, 4.69) is 4.98 Å². The van der Waals surface area contributed by atoms with Crippen molar-refractivity contribution in [2.45, 2.75) is 32.0 Å². The number of rotatable bonds is 6. The van der Waals surface area contributed by atoms with Crippen LogP contribution in [0.3, 0.4) is 0 Å². The van der Waals surface area contributed by atoms with Crippen LogP contribution in [-0.4, -0.2) is 42.0 Å². The van der Waals surface area contributed by atoms with Gasteiger partial charge in [0.25, 0.3) is 0 Å². The average molecular weight is 399 g/mol. The lowest BCUT2D eigenvalue weighted by Crippen LogP contribution is -2.30. The first-order valence-electron chi connectivity index (χ1n) is 8.89. The molecule has 3 rings (SSSR count). The zero-order valence-corrected chi connectivity index (χ0v) is 15.2. The summed E-state index contributed by atoms with van der Waals surface area (Å²) in [6.07, 6.45) is -3.07. The summed E-state index contributed by atoms with van der Waals surface area (Å²) < 4.78 is 49.2. The molecule has 2 aliphatic carbocycles. The number of alkyl halides is 3. The molecule has 28 heavy (non-hydrogen) atoms. The normalized spacial score (nSPS) is 24.0. The van der Waals surface area contributed by atoms with Crippen LogP contribution in [0.25, 0.3) is 5.76 Å². The smallest absolute Gasteiger partial charge is 0.433 e. The third kappa shape index (κ3) is 3.95. The fourth-order valence-electron chi connectivity index (χ4n) is 3.65. The molecule has 9 heteroatoms. The number of hydrogen-bond acceptors (Lipinski definition) is 6. The van der Waals surface area contributed by atoms with E-state index in [9.17, 15) is 27.9 Å². The fourth-order valence-corrected chi connectivity index (χ4v) is 3.65. The molecule has 1 aromatic heterocycles. The summed E-state index contributed by atoms with van der Waals surface area (Å²) in [4.78, 5) is 28.7. The number of ketones is 2. The zero-order chi connectivity index (χ0) is 20.5. The summed E-state index contributed by atoms with van der Waals surface area (Å²) in [6, 6.07) is 1.72. The Hall–Kier alpha value is -2.26. The third-order valence-corrected chi connectivity index (χ3v) is 5.09. The number of ether oxygens (including phenoxy) is 2. The Bertz CT molecular complexity index is 794. The highest BCUT2D eigenvalue weighted by molar-refractivity contribution is 6.27. The highest BCUT2D eigenvalue weighted by atomic mass is 19.4. The summed E-state index contributed by atoms with van der Waals surface area (Å²) in [5.41, 5.74) is -1.79. The molecule has 2 bridgehead atoms. The molecule has 0 aromatic carbocycles. The van der Waals surface area contributed by atoms with Crippen molar-refractivity contribution in [1.29, 1.82) is 0 Å². The number of pyridine rings is 1. The first kappa shape index (κ1) is 20.5. The van der Waals surface area contributed by atoms with Crippen LogP contribution >= 0.6 is 0 Å². The van der Waals surface area contributed by atoms with E-state index in [0.29, 0.717) is 25.3 Å². The van der Waals surface area contributed by atoms with Crippen LogP contribution in [0.2, 0.25) is 0 Å². The first-order chi connectivity index (χ1) is 13.2. The third-order valence-electron chi connectivity index (χ3n) is 5.09. The van der Waals surface area contributed by atoms with Gasteiger partial charge in [-0.05, 0) is 31.4 Å². The van der Waals surface area contributed by atoms with Crippen LogP contribution in [0.5, 0.6) is 0 Å². The van der Waals surface area contributed by atoms with Crippen molar-refractivity contribution in [1.82, 2.24) is 4.98 Å². The zero-order valence-electron chi connectivity index (χ0n) is 15.2. The average Bonchev–Trinajstić information content (AvgIpc) is 3.10. The van der Waals surface area contributed by atoms with Crippen LogP contribution in [0.1, 0.15) is 36.2 Å². The highest BCUT2D eigenvalue weighted by Gasteiger charge is 2.45. The fraction of sp³-hybridized carbons (Fsp3) is 0.526. The quantitative estimate of drug-likeness (QED) is 0.342. The molecule has 2 atom stereocenters. The number of aromatic nitrogens is 1. The number of halogens is 3. The predicted octanol–water partition coefficient (Wildman–Crippen LogP) is 3.10. The number of methoxy groups -OCH3 is 1. The lowest BCUT2D eigenvalue weighted by Gasteiger charge is -2.21. The number of fused-ring (bicyclic) bond motifs is 2. The van der Waals surface area contributed by atoms with Gasteiger partial charge < -0.3 is 14.6 Å². The van der Waals surface area contributed by atoms with Crippen molar-refractivity contribution in [3.63, 3.8) is 0 Å². The second kappa shape index (κ2) is 8.00. The topological polar surface area (TPSA) is 85.7 Å². The van der Waals surface area contributed by atoms with Gasteiger partial charge in [0.15, 0.2) is 11.6 Å². The summed E-state index contributed by atoms with van der Waals surface area (Å²) in [6.45, 7) is -0.00982. The maximum absolute atomic E-state index is 13.0. The maximum atomic E-state index is 13.0. The SMILES string of the molecule is COCCOCc1nc(C(F)(F)F)ccc1C(O)=C1C(=O)C2CC[C@@H](C2)C1=O. The molecule has 1 heterocycles. The van der Waals surface area contributed by atoms with Gasteiger partial charge in [0.05, 0.1) is 25.5 Å². The number of aliphatic hydroxyl groups excluding tert-OH is 1. The van der Waals surface area contributed by atoms with Gasteiger partial charge in [-0.25, -0.2) is 4.98 Å². The summed E-state index contributed by atoms with van der Waals surface area (Å²) >= 11 is 0. The van der Waals surface area contributed by atoms with Gasteiger partial charge in [-0.2, -0.15) is 13.2 Å². The Morgan fingerprint density at radius 2 is 1.82 bits per heavy atom. The molecule has 2 fully saturated rings. The summed E-state index contributed by atoms with van der Waals surface area (Å²) in [7, 11) is 1.45. The van der Waals surface area contributed by atoms with Gasteiger partial charge in [-0.1, -0.05) is 0 Å². The lowest BCUT2D eigenvalue weighted by atomic mass is 9.81. The van der Waals surface area contributed by atoms with E-state index in [0.717, 1.165) is 6.07 Å². The largest absolute Gasteiger partial charge is 0.506 e. The lowest BCUT2D eigenvalue weighted by molar-refractivity contribution is -0.141. The van der Waals surface area contributed by atoms with Crippen molar-refractivity contribution in [3.8, 4) is 0 Å². The number of allylic oxidation sites excluding steroid dienone is 1. The predicted molar refractivity (Wildman–Crippen MR) is 91.2 cm³/mol. The van der Waals surface area contributed by atoms with E-state index < -0.39 is 29.2 Å². The van der Waals surface area contributed by atoms with E-state index >= 15 is 0 Å². The highest BCUT2D eigenvalue weighted by Crippen LogP contribution is 2.42. The number of carbonyl (C=O) groups is 2. The van der Waals surface area contributed by atoms with Crippen LogP contribution in [0.4, 0.5) is 13.2 Å². The Morgan fingerprint density at radius 1 is 1.18 bits per heavy atom. The molecular formula is C19H20F3NO5. The van der Waals surface area contributed by atoms with Crippen molar-refractivity contribution in [2.24, 2.45) is 11.8 Å². The molecule has 152 valence electrons. The minimum atomic E-state index is -4.68. The molecule has 2 saturated carbocycles. The number of hydrogen-bond donors (Lipinski definition) is 1. The second-order valence-corrected chi connectivity index (χ2v) is 6.89. The van der Waals surface area contributed by atoms with E-state index in [4.69, 9.17) is 9.47 Å². The Morgan fingerprint density at radius 3 is 2.39 bits per heavy atom. The Labute approximate surface area is 159 Å². The van der Waals surface area contributed by atoms with Crippen LogP contribution in [0, 0.1) is 11.8 Å². The monoisotopic (exact) mass is 399 g/mol. The number of Topliss-reactive ketones (excluding diaryl/α,β-unsaturated/α-hetero) is 2. The van der Waals surface area contributed by atoms with Crippen molar-refractivity contribution >= 4 is 17.3 Å². The molecule has 6 nitrogen and oxygen atoms in total. The molecular weight excluding hydrogens is 379 g/mol. The van der Waals surface area contributed by atoms with Gasteiger partial charge in [-0.15, -0.1) is 0 Å². The minimum absolute atomic E-state index is 0.104. The molecule has 0 radical (unpaired) electrons. The van der Waals surface area contributed by atoms with Crippen LogP contribution in [-0.2, 0) is 31.8 Å². The van der Waals surface area contributed by atoms with Gasteiger partial charge in [0.2, 0.25) is 0 Å². The molecule has 2 aliphatic rings. The van der Waals surface area contributed by atoms with E-state index in [1.807, 2.05) is 0 Å². The molecule has 1 aromatic rings. The number of aliphatic hydroxyl groups is 1. The molecule has 0 spiro atoms. The molecule has 0 aliphatic heterocycles. The number of nitrogens with zero attached hydrogens (tertiary/aromatic N) is 1. The summed E-state index contributed by atoms with van der Waals surface area (Å²) in [5.74, 6) is -2.20. The van der Waals surface area contributed by atoms with Crippen molar-refractivity contribution in [2.75, 3.05) is 20.3 Å². The Balaban J connectivity index is 2.01. The Kier molecular flexibility index (Phi) is 5.85. The first-order valence-corrected chi connectivity index (χ1v) is 8.89. The van der Waals surface area contributed by atoms with Gasteiger partial charge in [0, 0.05) is 24.5 Å². The molecule has 0 saturated heterocycles. The molecule has 1 N–H and O–H groups in total. The van der Waals surface area contributed by atoms with E-state index in [-0.39, 0.29) is 48.5 Å². The standard InChI is InChI=1S/C19H20F3NO5/c1-27-6-7-28-9-13-12(4-5-14(23-13)19(20,21)22)18(26)15-16(24)10-2-3-11(8-10)17(15)25/h4-5,10-11,26H,2-3,6-9H2,1H3/t10-,11?/m0/s1. The van der Waals surface area contributed by atoms with Gasteiger partial charge in [0.1, 0.15) is 17.0 Å². The number of carbonyl (C=O) groups excluding carboxylic acids is 2. The van der Waals surface area contributed by atoms with Gasteiger partial charge >= 0.3 is 6.18 Å². The van der Waals surface area contributed by atoms with Crippen LogP contribution < -0.4 is 0 Å². The maximum Gasteiger partial charge on any atom is 0.433 e.